The van der Waals surface area contributed by atoms with E-state index in [-0.39, 0.29) is 19.1 Å². The van der Waals surface area contributed by atoms with Gasteiger partial charge >= 0.3 is 6.16 Å². The Bertz CT molecular complexity index is 1270. The normalized spacial score (nSPS) is 11.1. The van der Waals surface area contributed by atoms with Crippen molar-refractivity contribution in [2.45, 2.75) is 13.5 Å². The molecule has 31 heavy (non-hydrogen) atoms. The lowest BCUT2D eigenvalue weighted by molar-refractivity contribution is 0.101. The number of benzene rings is 2. The van der Waals surface area contributed by atoms with E-state index in [9.17, 15) is 4.79 Å². The third kappa shape index (κ3) is 4.08. The lowest BCUT2D eigenvalue weighted by Crippen LogP contribution is -2.12. The van der Waals surface area contributed by atoms with E-state index >= 15 is 0 Å². The number of aromatic amines is 1. The van der Waals surface area contributed by atoms with Crippen molar-refractivity contribution in [1.82, 2.24) is 9.97 Å². The fraction of sp³-hybridized carbons (Fsp3) is 0.182. The van der Waals surface area contributed by atoms with Gasteiger partial charge in [-0.2, -0.15) is 0 Å². The molecule has 9 heteroatoms. The molecule has 4 aromatic rings. The summed E-state index contributed by atoms with van der Waals surface area (Å²) >= 11 is 6.14. The first-order valence-corrected chi connectivity index (χ1v) is 9.88. The Hall–Kier alpha value is -3.49. The fourth-order valence-electron chi connectivity index (χ4n) is 3.33. The van der Waals surface area contributed by atoms with Crippen molar-refractivity contribution in [2.24, 2.45) is 0 Å². The van der Waals surface area contributed by atoms with Crippen LogP contribution in [0, 0.1) is 0 Å². The van der Waals surface area contributed by atoms with Gasteiger partial charge < -0.3 is 29.7 Å². The van der Waals surface area contributed by atoms with E-state index in [1.807, 2.05) is 18.2 Å². The van der Waals surface area contributed by atoms with Crippen molar-refractivity contribution in [3.63, 3.8) is 0 Å². The SMILES string of the molecule is CCOC(=O)Oc1ncc2[nH]c3cccc(Oc4ccc(N)c(Cl)c4)c3c2c1COC. The third-order valence-corrected chi connectivity index (χ3v) is 4.94. The van der Waals surface area contributed by atoms with Crippen LogP contribution in [0.15, 0.2) is 42.6 Å². The summed E-state index contributed by atoms with van der Waals surface area (Å²) in [6, 6.07) is 10.7. The van der Waals surface area contributed by atoms with Gasteiger partial charge in [0.05, 0.1) is 52.1 Å². The third-order valence-electron chi connectivity index (χ3n) is 4.62. The second-order valence-electron chi connectivity index (χ2n) is 6.64. The predicted molar refractivity (Wildman–Crippen MR) is 118 cm³/mol. The summed E-state index contributed by atoms with van der Waals surface area (Å²) in [4.78, 5) is 19.5. The number of carbonyl (C=O) groups excluding carboxylic acids is 1. The number of nitrogens with one attached hydrogen (secondary N) is 1. The van der Waals surface area contributed by atoms with Gasteiger partial charge in [0.1, 0.15) is 11.5 Å². The molecule has 3 N–H and O–H groups in total. The number of carbonyl (C=O) groups is 1. The zero-order chi connectivity index (χ0) is 22.0. The summed E-state index contributed by atoms with van der Waals surface area (Å²) in [6.45, 7) is 2.05. The average Bonchev–Trinajstić information content (AvgIpc) is 3.12. The molecule has 0 unspecified atom stereocenters. The minimum atomic E-state index is -0.834. The highest BCUT2D eigenvalue weighted by Crippen LogP contribution is 2.40. The molecule has 0 aliphatic rings. The smallest absolute Gasteiger partial charge is 0.457 e. The molecule has 2 aromatic carbocycles. The second-order valence-corrected chi connectivity index (χ2v) is 7.04. The lowest BCUT2D eigenvalue weighted by atomic mass is 10.1. The number of ether oxygens (including phenoxy) is 4. The molecule has 0 amide bonds. The second kappa shape index (κ2) is 8.71. The number of halogens is 1. The Labute approximate surface area is 182 Å². The summed E-state index contributed by atoms with van der Waals surface area (Å²) in [6.07, 6.45) is 0.756. The van der Waals surface area contributed by atoms with Crippen LogP contribution in [0.4, 0.5) is 10.5 Å². The molecule has 0 fully saturated rings. The molecule has 8 nitrogen and oxygen atoms in total. The van der Waals surface area contributed by atoms with Crippen LogP contribution >= 0.6 is 11.6 Å². The first-order chi connectivity index (χ1) is 15.0. The van der Waals surface area contributed by atoms with Gasteiger partial charge in [-0.25, -0.2) is 9.78 Å². The van der Waals surface area contributed by atoms with Crippen LogP contribution in [0.5, 0.6) is 17.4 Å². The van der Waals surface area contributed by atoms with E-state index in [0.717, 1.165) is 21.8 Å². The van der Waals surface area contributed by atoms with Crippen molar-refractivity contribution in [1.29, 1.82) is 0 Å². The summed E-state index contributed by atoms with van der Waals surface area (Å²) in [5.74, 6) is 1.22. The van der Waals surface area contributed by atoms with Gasteiger partial charge in [-0.1, -0.05) is 17.7 Å². The Morgan fingerprint density at radius 1 is 1.19 bits per heavy atom. The van der Waals surface area contributed by atoms with Gasteiger partial charge in [-0.15, -0.1) is 0 Å². The summed E-state index contributed by atoms with van der Waals surface area (Å²) in [7, 11) is 1.55. The highest BCUT2D eigenvalue weighted by Gasteiger charge is 2.20. The van der Waals surface area contributed by atoms with Crippen LogP contribution in [-0.4, -0.2) is 29.8 Å². The predicted octanol–water partition coefficient (Wildman–Crippen LogP) is 5.43. The number of rotatable bonds is 6. The maximum Gasteiger partial charge on any atom is 0.515 e. The van der Waals surface area contributed by atoms with Crippen molar-refractivity contribution in [3.05, 3.63) is 53.2 Å². The fourth-order valence-corrected chi connectivity index (χ4v) is 3.50. The van der Waals surface area contributed by atoms with E-state index in [0.29, 0.717) is 27.8 Å². The molecule has 2 aromatic heterocycles. The molecule has 2 heterocycles. The Morgan fingerprint density at radius 2 is 2.03 bits per heavy atom. The van der Waals surface area contributed by atoms with Crippen LogP contribution in [-0.2, 0) is 16.1 Å². The van der Waals surface area contributed by atoms with Gasteiger partial charge in [-0.3, -0.25) is 0 Å². The number of nitrogen functional groups attached to an aromatic ring is 1. The number of hydrogen-bond acceptors (Lipinski definition) is 7. The Morgan fingerprint density at radius 3 is 2.77 bits per heavy atom. The number of H-pyrrole nitrogens is 1. The summed E-state index contributed by atoms with van der Waals surface area (Å²) in [5.41, 5.74) is 8.41. The number of methoxy groups -OCH3 is 1. The van der Waals surface area contributed by atoms with Crippen LogP contribution in [0.3, 0.4) is 0 Å². The minimum Gasteiger partial charge on any atom is -0.457 e. The van der Waals surface area contributed by atoms with Crippen molar-refractivity contribution < 1.29 is 23.7 Å². The van der Waals surface area contributed by atoms with Crippen LogP contribution in [0.1, 0.15) is 12.5 Å². The monoisotopic (exact) mass is 441 g/mol. The van der Waals surface area contributed by atoms with Crippen LogP contribution in [0.2, 0.25) is 5.02 Å². The zero-order valence-corrected chi connectivity index (χ0v) is 17.7. The lowest BCUT2D eigenvalue weighted by Gasteiger charge is -2.12. The molecule has 0 radical (unpaired) electrons. The minimum absolute atomic E-state index is 0.110. The number of nitrogens with zero attached hydrogens (tertiary/aromatic N) is 1. The summed E-state index contributed by atoms with van der Waals surface area (Å²) < 4.78 is 21.7. The van der Waals surface area contributed by atoms with E-state index in [1.54, 1.807) is 38.4 Å². The Balaban J connectivity index is 1.89. The molecule has 0 spiro atoms. The largest absolute Gasteiger partial charge is 0.515 e. The number of hydrogen-bond donors (Lipinski definition) is 2. The highest BCUT2D eigenvalue weighted by molar-refractivity contribution is 6.33. The molecule has 0 saturated heterocycles. The molecule has 160 valence electrons. The molecule has 0 atom stereocenters. The van der Waals surface area contributed by atoms with E-state index in [2.05, 4.69) is 9.97 Å². The van der Waals surface area contributed by atoms with Gasteiger partial charge in [0.15, 0.2) is 0 Å². The van der Waals surface area contributed by atoms with E-state index in [1.165, 1.54) is 0 Å². The summed E-state index contributed by atoms with van der Waals surface area (Å²) in [5, 5.41) is 1.95. The van der Waals surface area contributed by atoms with E-state index in [4.69, 9.17) is 36.3 Å². The molecule has 0 saturated carbocycles. The van der Waals surface area contributed by atoms with Crippen LogP contribution in [0.25, 0.3) is 21.8 Å². The van der Waals surface area contributed by atoms with Gasteiger partial charge in [0.2, 0.25) is 5.88 Å². The van der Waals surface area contributed by atoms with Crippen molar-refractivity contribution >= 4 is 45.2 Å². The molecule has 0 bridgehead atoms. The maximum absolute atomic E-state index is 11.9. The van der Waals surface area contributed by atoms with E-state index < -0.39 is 6.16 Å². The number of pyridine rings is 1. The topological polar surface area (TPSA) is 109 Å². The Kier molecular flexibility index (Phi) is 5.83. The zero-order valence-electron chi connectivity index (χ0n) is 16.9. The maximum atomic E-state index is 11.9. The molecular formula is C22H20ClN3O5. The van der Waals surface area contributed by atoms with Crippen molar-refractivity contribution in [3.8, 4) is 17.4 Å². The molecule has 0 aliphatic carbocycles. The van der Waals surface area contributed by atoms with Crippen LogP contribution < -0.4 is 15.2 Å². The van der Waals surface area contributed by atoms with Crippen molar-refractivity contribution in [2.75, 3.05) is 19.5 Å². The molecule has 4 rings (SSSR count). The average molecular weight is 442 g/mol. The number of aromatic nitrogens is 2. The number of fused-ring (bicyclic) bond motifs is 3. The first-order valence-electron chi connectivity index (χ1n) is 9.50. The number of nitrogens with two attached hydrogens (primary N) is 1. The molecule has 0 aliphatic heterocycles. The molecular weight excluding hydrogens is 422 g/mol. The van der Waals surface area contributed by atoms with Gasteiger partial charge in [0.25, 0.3) is 0 Å². The standard InChI is InChI=1S/C22H20ClN3O5/c1-3-29-22(27)31-21-13(11-28-2)19-17(10-25-21)26-16-5-4-6-18(20(16)19)30-12-7-8-15(24)14(23)9-12/h4-10,26H,3,11,24H2,1-2H3. The first kappa shape index (κ1) is 20.8. The van der Waals surface area contributed by atoms with Gasteiger partial charge in [-0.05, 0) is 31.2 Å². The van der Waals surface area contributed by atoms with Gasteiger partial charge in [0, 0.05) is 18.6 Å². The number of anilines is 1. The highest BCUT2D eigenvalue weighted by atomic mass is 35.5. The quantitative estimate of drug-likeness (QED) is 0.303.